The number of aryl methyl sites for hydroxylation is 1. The zero-order valence-corrected chi connectivity index (χ0v) is 8.28. The molecule has 0 aromatic heterocycles. The van der Waals surface area contributed by atoms with Crippen LogP contribution in [0.5, 0.6) is 0 Å². The van der Waals surface area contributed by atoms with Crippen LogP contribution in [-0.4, -0.2) is 17.5 Å². The highest BCUT2D eigenvalue weighted by atomic mass is 16.3. The molecule has 76 valence electrons. The predicted molar refractivity (Wildman–Crippen MR) is 56.1 cm³/mol. The van der Waals surface area contributed by atoms with Gasteiger partial charge in [-0.2, -0.15) is 0 Å². The van der Waals surface area contributed by atoms with Crippen molar-refractivity contribution in [2.24, 2.45) is 0 Å². The second-order valence-corrected chi connectivity index (χ2v) is 3.35. The second-order valence-electron chi connectivity index (χ2n) is 3.35. The number of ketones is 1. The molecule has 1 aromatic rings. The van der Waals surface area contributed by atoms with Crippen molar-refractivity contribution < 1.29 is 9.90 Å². The number of carbonyl (C=O) groups is 1. The Balaban J connectivity index is 2.19. The summed E-state index contributed by atoms with van der Waals surface area (Å²) in [5.41, 5.74) is 1.27. The molecule has 1 rings (SSSR count). The van der Waals surface area contributed by atoms with E-state index in [0.29, 0.717) is 12.8 Å². The molecule has 0 unspecified atom stereocenters. The summed E-state index contributed by atoms with van der Waals surface area (Å²) in [6.45, 7) is -0.0236. The van der Waals surface area contributed by atoms with Gasteiger partial charge in [-0.1, -0.05) is 30.3 Å². The molecular weight excluding hydrogens is 176 g/mol. The smallest absolute Gasteiger partial charge is 0.135 e. The van der Waals surface area contributed by atoms with Crippen LogP contribution in [0.3, 0.4) is 0 Å². The van der Waals surface area contributed by atoms with Crippen molar-refractivity contribution in [1.29, 1.82) is 0 Å². The standard InChI is InChI=1S/C12H16O2/c13-10-9-12(14)8-4-7-11-5-2-1-3-6-11/h1-3,5-6,13H,4,7-10H2. The van der Waals surface area contributed by atoms with Crippen molar-refractivity contribution >= 4 is 5.78 Å². The van der Waals surface area contributed by atoms with Gasteiger partial charge in [0.25, 0.3) is 0 Å². The first-order valence-electron chi connectivity index (χ1n) is 4.99. The Morgan fingerprint density at radius 1 is 1.14 bits per heavy atom. The summed E-state index contributed by atoms with van der Waals surface area (Å²) in [4.78, 5) is 11.1. The minimum Gasteiger partial charge on any atom is -0.396 e. The summed E-state index contributed by atoms with van der Waals surface area (Å²) in [7, 11) is 0. The van der Waals surface area contributed by atoms with Crippen molar-refractivity contribution in [3.63, 3.8) is 0 Å². The van der Waals surface area contributed by atoms with E-state index in [-0.39, 0.29) is 12.4 Å². The van der Waals surface area contributed by atoms with E-state index >= 15 is 0 Å². The van der Waals surface area contributed by atoms with Crippen molar-refractivity contribution in [3.8, 4) is 0 Å². The minimum atomic E-state index is -0.0236. The van der Waals surface area contributed by atoms with Gasteiger partial charge in [0.05, 0.1) is 0 Å². The maximum absolute atomic E-state index is 11.1. The van der Waals surface area contributed by atoms with E-state index in [2.05, 4.69) is 12.1 Å². The fourth-order valence-electron chi connectivity index (χ4n) is 1.38. The van der Waals surface area contributed by atoms with Gasteiger partial charge in [0, 0.05) is 19.4 Å². The largest absolute Gasteiger partial charge is 0.396 e. The van der Waals surface area contributed by atoms with Gasteiger partial charge >= 0.3 is 0 Å². The minimum absolute atomic E-state index is 0.0236. The van der Waals surface area contributed by atoms with E-state index in [0.717, 1.165) is 12.8 Å². The molecule has 2 heteroatoms. The first-order valence-corrected chi connectivity index (χ1v) is 4.99. The number of Topliss-reactive ketones (excluding diaryl/α,β-unsaturated/α-hetero) is 1. The zero-order valence-electron chi connectivity index (χ0n) is 8.28. The number of carbonyl (C=O) groups excluding carboxylic acids is 1. The van der Waals surface area contributed by atoms with Crippen LogP contribution in [0, 0.1) is 0 Å². The number of hydrogen-bond donors (Lipinski definition) is 1. The molecule has 0 aliphatic rings. The maximum Gasteiger partial charge on any atom is 0.135 e. The summed E-state index contributed by atoms with van der Waals surface area (Å²) >= 11 is 0. The molecule has 0 aliphatic heterocycles. The molecule has 0 heterocycles. The lowest BCUT2D eigenvalue weighted by Gasteiger charge is -2.00. The highest BCUT2D eigenvalue weighted by molar-refractivity contribution is 5.78. The third-order valence-corrected chi connectivity index (χ3v) is 2.15. The third kappa shape index (κ3) is 4.19. The molecule has 1 aromatic carbocycles. The molecule has 0 atom stereocenters. The SMILES string of the molecule is O=C(CCO)CCCc1ccccc1. The van der Waals surface area contributed by atoms with E-state index < -0.39 is 0 Å². The molecule has 0 spiro atoms. The lowest BCUT2D eigenvalue weighted by atomic mass is 10.1. The quantitative estimate of drug-likeness (QED) is 0.748. The number of rotatable bonds is 6. The number of aliphatic hydroxyl groups excluding tert-OH is 1. The van der Waals surface area contributed by atoms with Crippen molar-refractivity contribution in [2.45, 2.75) is 25.7 Å². The molecule has 0 bridgehead atoms. The molecule has 0 saturated carbocycles. The van der Waals surface area contributed by atoms with Crippen LogP contribution < -0.4 is 0 Å². The Labute approximate surface area is 84.6 Å². The highest BCUT2D eigenvalue weighted by Gasteiger charge is 2.00. The molecular formula is C12H16O2. The van der Waals surface area contributed by atoms with E-state index in [1.54, 1.807) is 0 Å². The van der Waals surface area contributed by atoms with E-state index in [4.69, 9.17) is 5.11 Å². The predicted octanol–water partition coefficient (Wildman–Crippen LogP) is 1.96. The maximum atomic E-state index is 11.1. The zero-order chi connectivity index (χ0) is 10.2. The van der Waals surface area contributed by atoms with Crippen LogP contribution in [0.1, 0.15) is 24.8 Å². The van der Waals surface area contributed by atoms with Gasteiger partial charge in [-0.25, -0.2) is 0 Å². The lowest BCUT2D eigenvalue weighted by molar-refractivity contribution is -0.119. The first kappa shape index (κ1) is 10.9. The van der Waals surface area contributed by atoms with Crippen molar-refractivity contribution in [3.05, 3.63) is 35.9 Å². The first-order chi connectivity index (χ1) is 6.83. The number of hydrogen-bond acceptors (Lipinski definition) is 2. The molecule has 2 nitrogen and oxygen atoms in total. The molecule has 14 heavy (non-hydrogen) atoms. The monoisotopic (exact) mass is 192 g/mol. The molecule has 0 saturated heterocycles. The van der Waals surface area contributed by atoms with Crippen LogP contribution in [-0.2, 0) is 11.2 Å². The Hall–Kier alpha value is -1.15. The summed E-state index contributed by atoms with van der Waals surface area (Å²) in [6, 6.07) is 10.1. The van der Waals surface area contributed by atoms with Gasteiger partial charge < -0.3 is 5.11 Å². The Morgan fingerprint density at radius 2 is 1.86 bits per heavy atom. The van der Waals surface area contributed by atoms with Crippen LogP contribution >= 0.6 is 0 Å². The van der Waals surface area contributed by atoms with Crippen LogP contribution in [0.15, 0.2) is 30.3 Å². The average Bonchev–Trinajstić information content (AvgIpc) is 2.20. The van der Waals surface area contributed by atoms with Gasteiger partial charge in [-0.15, -0.1) is 0 Å². The van der Waals surface area contributed by atoms with Gasteiger partial charge in [0.1, 0.15) is 5.78 Å². The van der Waals surface area contributed by atoms with Gasteiger partial charge in [0.2, 0.25) is 0 Å². The Morgan fingerprint density at radius 3 is 2.50 bits per heavy atom. The highest BCUT2D eigenvalue weighted by Crippen LogP contribution is 2.05. The van der Waals surface area contributed by atoms with Gasteiger partial charge in [-0.3, -0.25) is 4.79 Å². The van der Waals surface area contributed by atoms with E-state index in [1.165, 1.54) is 5.56 Å². The van der Waals surface area contributed by atoms with Gasteiger partial charge in [-0.05, 0) is 18.4 Å². The van der Waals surface area contributed by atoms with Crippen LogP contribution in [0.2, 0.25) is 0 Å². The molecule has 0 fully saturated rings. The Bertz CT molecular complexity index is 267. The summed E-state index contributed by atoms with van der Waals surface area (Å²) < 4.78 is 0. The van der Waals surface area contributed by atoms with Crippen molar-refractivity contribution in [2.75, 3.05) is 6.61 Å². The summed E-state index contributed by atoms with van der Waals surface area (Å²) in [5.74, 6) is 0.156. The summed E-state index contributed by atoms with van der Waals surface area (Å²) in [6.07, 6.45) is 2.70. The van der Waals surface area contributed by atoms with E-state index in [1.807, 2.05) is 18.2 Å². The molecule has 0 aliphatic carbocycles. The summed E-state index contributed by atoms with van der Waals surface area (Å²) in [5, 5.41) is 8.53. The van der Waals surface area contributed by atoms with Crippen LogP contribution in [0.25, 0.3) is 0 Å². The third-order valence-electron chi connectivity index (χ3n) is 2.15. The number of benzene rings is 1. The number of aliphatic hydroxyl groups is 1. The topological polar surface area (TPSA) is 37.3 Å². The fourth-order valence-corrected chi connectivity index (χ4v) is 1.38. The fraction of sp³-hybridized carbons (Fsp3) is 0.417. The molecule has 0 radical (unpaired) electrons. The molecule has 1 N–H and O–H groups in total. The average molecular weight is 192 g/mol. The second kappa shape index (κ2) is 6.33. The normalized spacial score (nSPS) is 10.1. The Kier molecular flexibility index (Phi) is 4.94. The van der Waals surface area contributed by atoms with E-state index in [9.17, 15) is 4.79 Å². The molecule has 0 amide bonds. The van der Waals surface area contributed by atoms with Crippen LogP contribution in [0.4, 0.5) is 0 Å². The lowest BCUT2D eigenvalue weighted by Crippen LogP contribution is -2.01. The van der Waals surface area contributed by atoms with Gasteiger partial charge in [0.15, 0.2) is 0 Å². The van der Waals surface area contributed by atoms with Crippen molar-refractivity contribution in [1.82, 2.24) is 0 Å².